The number of nitrogens with zero attached hydrogens (tertiary/aromatic N) is 2. The first kappa shape index (κ1) is 24.0. The van der Waals surface area contributed by atoms with Crippen molar-refractivity contribution in [1.29, 1.82) is 0 Å². The number of ether oxygens (including phenoxy) is 2. The van der Waals surface area contributed by atoms with E-state index in [-0.39, 0.29) is 16.3 Å². The lowest BCUT2D eigenvalue weighted by Gasteiger charge is -2.12. The standard InChI is InChI=1S/C25H23N3O6S/c1-17(24-27-26-18(2)34-24)33-25(29)20-9-6-10-23(15-20)35(30,31)28-21-11-13-22(14-12-21)32-16-19-7-4-3-5-8-19/h3-15,17,28H,16H2,1-2H3. The monoisotopic (exact) mass is 493 g/mol. The molecule has 1 atom stereocenters. The summed E-state index contributed by atoms with van der Waals surface area (Å²) in [6.07, 6.45) is -0.787. The molecule has 1 unspecified atom stereocenters. The van der Waals surface area contributed by atoms with Crippen LogP contribution in [0.3, 0.4) is 0 Å². The van der Waals surface area contributed by atoms with Crippen molar-refractivity contribution in [1.82, 2.24) is 10.2 Å². The Balaban J connectivity index is 1.40. The van der Waals surface area contributed by atoms with Gasteiger partial charge in [-0.1, -0.05) is 36.4 Å². The normalized spacial score (nSPS) is 12.1. The fourth-order valence-corrected chi connectivity index (χ4v) is 4.22. The summed E-state index contributed by atoms with van der Waals surface area (Å²) in [6.45, 7) is 3.61. The third-order valence-corrected chi connectivity index (χ3v) is 6.29. The van der Waals surface area contributed by atoms with Crippen LogP contribution in [0.15, 0.2) is 88.2 Å². The van der Waals surface area contributed by atoms with E-state index in [1.807, 2.05) is 30.3 Å². The van der Waals surface area contributed by atoms with Crippen molar-refractivity contribution in [2.45, 2.75) is 31.5 Å². The molecule has 1 N–H and O–H groups in total. The predicted octanol–water partition coefficient (Wildman–Crippen LogP) is 4.68. The van der Waals surface area contributed by atoms with Crippen molar-refractivity contribution >= 4 is 21.7 Å². The van der Waals surface area contributed by atoms with Gasteiger partial charge in [-0.15, -0.1) is 10.2 Å². The Kier molecular flexibility index (Phi) is 7.11. The number of anilines is 1. The zero-order valence-electron chi connectivity index (χ0n) is 19.0. The maximum atomic E-state index is 12.9. The van der Waals surface area contributed by atoms with Gasteiger partial charge in [0, 0.05) is 12.6 Å². The topological polar surface area (TPSA) is 121 Å². The lowest BCUT2D eigenvalue weighted by atomic mass is 10.2. The van der Waals surface area contributed by atoms with Crippen molar-refractivity contribution < 1.29 is 27.1 Å². The summed E-state index contributed by atoms with van der Waals surface area (Å²) in [7, 11) is -3.95. The molecule has 4 rings (SSSR count). The molecule has 0 saturated heterocycles. The Hall–Kier alpha value is -4.18. The van der Waals surface area contributed by atoms with Crippen LogP contribution in [0.1, 0.15) is 40.7 Å². The molecule has 9 nitrogen and oxygen atoms in total. The minimum atomic E-state index is -3.95. The first-order chi connectivity index (χ1) is 16.8. The van der Waals surface area contributed by atoms with Gasteiger partial charge in [0.2, 0.25) is 5.89 Å². The molecule has 0 aliphatic heterocycles. The van der Waals surface area contributed by atoms with Crippen LogP contribution in [0.5, 0.6) is 5.75 Å². The summed E-state index contributed by atoms with van der Waals surface area (Å²) in [5.74, 6) is 0.382. The first-order valence-corrected chi connectivity index (χ1v) is 12.2. The quantitative estimate of drug-likeness (QED) is 0.334. The lowest BCUT2D eigenvalue weighted by molar-refractivity contribution is 0.0276. The van der Waals surface area contributed by atoms with Gasteiger partial charge in [-0.05, 0) is 55.0 Å². The van der Waals surface area contributed by atoms with Crippen LogP contribution in [0.2, 0.25) is 0 Å². The van der Waals surface area contributed by atoms with Crippen LogP contribution in [0.25, 0.3) is 0 Å². The van der Waals surface area contributed by atoms with Crippen LogP contribution >= 0.6 is 0 Å². The molecule has 0 radical (unpaired) electrons. The zero-order valence-corrected chi connectivity index (χ0v) is 19.9. The van der Waals surface area contributed by atoms with Gasteiger partial charge in [0.05, 0.1) is 10.5 Å². The highest BCUT2D eigenvalue weighted by atomic mass is 32.2. The van der Waals surface area contributed by atoms with E-state index in [0.717, 1.165) is 5.56 Å². The molecule has 0 aliphatic rings. The fourth-order valence-electron chi connectivity index (χ4n) is 3.12. The van der Waals surface area contributed by atoms with Gasteiger partial charge in [-0.3, -0.25) is 4.72 Å². The van der Waals surface area contributed by atoms with Crippen LogP contribution in [0, 0.1) is 6.92 Å². The number of hydrogen-bond acceptors (Lipinski definition) is 8. The highest BCUT2D eigenvalue weighted by molar-refractivity contribution is 7.92. The Bertz CT molecular complexity index is 1400. The highest BCUT2D eigenvalue weighted by Gasteiger charge is 2.21. The van der Waals surface area contributed by atoms with Crippen molar-refractivity contribution in [2.24, 2.45) is 0 Å². The SMILES string of the molecule is Cc1nnc(C(C)OC(=O)c2cccc(S(=O)(=O)Nc3ccc(OCc4ccccc4)cc3)c2)o1. The molecular formula is C25H23N3O6S. The maximum Gasteiger partial charge on any atom is 0.338 e. The van der Waals surface area contributed by atoms with E-state index < -0.39 is 22.1 Å². The van der Waals surface area contributed by atoms with Gasteiger partial charge in [0.15, 0.2) is 6.10 Å². The second-order valence-electron chi connectivity index (χ2n) is 7.64. The Morgan fingerprint density at radius 1 is 1.00 bits per heavy atom. The average molecular weight is 494 g/mol. The minimum Gasteiger partial charge on any atom is -0.489 e. The highest BCUT2D eigenvalue weighted by Crippen LogP contribution is 2.22. The molecule has 0 bridgehead atoms. The molecule has 0 fully saturated rings. The number of benzene rings is 3. The van der Waals surface area contributed by atoms with Crippen LogP contribution in [0.4, 0.5) is 5.69 Å². The zero-order chi connectivity index (χ0) is 24.8. The predicted molar refractivity (Wildman–Crippen MR) is 127 cm³/mol. The third kappa shape index (κ3) is 6.24. The number of carbonyl (C=O) groups is 1. The summed E-state index contributed by atoms with van der Waals surface area (Å²) in [4.78, 5) is 12.4. The maximum absolute atomic E-state index is 12.9. The molecule has 1 aromatic heterocycles. The molecule has 0 amide bonds. The van der Waals surface area contributed by atoms with E-state index in [1.54, 1.807) is 38.1 Å². The third-order valence-electron chi connectivity index (χ3n) is 4.91. The van der Waals surface area contributed by atoms with Gasteiger partial charge in [0.25, 0.3) is 15.9 Å². The van der Waals surface area contributed by atoms with Gasteiger partial charge in [0.1, 0.15) is 12.4 Å². The number of hydrogen-bond donors (Lipinski definition) is 1. The molecule has 0 aliphatic carbocycles. The molecule has 0 spiro atoms. The second-order valence-corrected chi connectivity index (χ2v) is 9.32. The number of esters is 1. The number of aryl methyl sites for hydroxylation is 1. The largest absolute Gasteiger partial charge is 0.489 e. The minimum absolute atomic E-state index is 0.0700. The number of aromatic nitrogens is 2. The van der Waals surface area contributed by atoms with E-state index in [4.69, 9.17) is 13.9 Å². The van der Waals surface area contributed by atoms with Gasteiger partial charge < -0.3 is 13.9 Å². The Morgan fingerprint density at radius 3 is 2.43 bits per heavy atom. The van der Waals surface area contributed by atoms with E-state index in [1.165, 1.54) is 24.3 Å². The summed E-state index contributed by atoms with van der Waals surface area (Å²) < 4.78 is 44.6. The lowest BCUT2D eigenvalue weighted by Crippen LogP contribution is -2.15. The Morgan fingerprint density at radius 2 is 1.74 bits per heavy atom. The van der Waals surface area contributed by atoms with Gasteiger partial charge >= 0.3 is 5.97 Å². The molecule has 4 aromatic rings. The summed E-state index contributed by atoms with van der Waals surface area (Å²) in [5, 5.41) is 7.52. The van der Waals surface area contributed by atoms with Crippen LogP contribution in [-0.4, -0.2) is 24.6 Å². The fraction of sp³-hybridized carbons (Fsp3) is 0.160. The molecule has 180 valence electrons. The molecule has 3 aromatic carbocycles. The summed E-state index contributed by atoms with van der Waals surface area (Å²) in [6, 6.07) is 21.8. The average Bonchev–Trinajstić information content (AvgIpc) is 3.30. The smallest absolute Gasteiger partial charge is 0.338 e. The van der Waals surface area contributed by atoms with Crippen LogP contribution in [-0.2, 0) is 21.4 Å². The summed E-state index contributed by atoms with van der Waals surface area (Å²) in [5.41, 5.74) is 1.45. The molecular weight excluding hydrogens is 470 g/mol. The second kappa shape index (κ2) is 10.4. The van der Waals surface area contributed by atoms with E-state index in [0.29, 0.717) is 23.9 Å². The molecule has 35 heavy (non-hydrogen) atoms. The number of carbonyl (C=O) groups excluding carboxylic acids is 1. The van der Waals surface area contributed by atoms with Crippen molar-refractivity contribution in [2.75, 3.05) is 4.72 Å². The number of rotatable bonds is 9. The van der Waals surface area contributed by atoms with Crippen molar-refractivity contribution in [3.8, 4) is 5.75 Å². The molecule has 10 heteroatoms. The van der Waals surface area contributed by atoms with Gasteiger partial charge in [-0.2, -0.15) is 0 Å². The van der Waals surface area contributed by atoms with Crippen molar-refractivity contribution in [3.63, 3.8) is 0 Å². The van der Waals surface area contributed by atoms with Gasteiger partial charge in [-0.25, -0.2) is 13.2 Å². The van der Waals surface area contributed by atoms with E-state index in [9.17, 15) is 13.2 Å². The Labute approximate surface area is 202 Å². The van der Waals surface area contributed by atoms with Crippen LogP contribution < -0.4 is 9.46 Å². The molecule has 1 heterocycles. The summed E-state index contributed by atoms with van der Waals surface area (Å²) >= 11 is 0. The molecule has 0 saturated carbocycles. The van der Waals surface area contributed by atoms with E-state index in [2.05, 4.69) is 14.9 Å². The van der Waals surface area contributed by atoms with Crippen molar-refractivity contribution in [3.05, 3.63) is 102 Å². The number of nitrogens with one attached hydrogen (secondary N) is 1. The number of sulfonamides is 1. The first-order valence-electron chi connectivity index (χ1n) is 10.7. The van der Waals surface area contributed by atoms with E-state index >= 15 is 0 Å².